The first-order valence-electron chi connectivity index (χ1n) is 7.38. The van der Waals surface area contributed by atoms with E-state index in [2.05, 4.69) is 10.6 Å². The minimum atomic E-state index is -1.19. The molecular formula is C16H20Cl2N2O2. The van der Waals surface area contributed by atoms with Crippen LogP contribution in [0.2, 0.25) is 10.0 Å². The summed E-state index contributed by atoms with van der Waals surface area (Å²) in [6.07, 6.45) is 4.19. The van der Waals surface area contributed by atoms with Gasteiger partial charge in [0.05, 0.1) is 10.7 Å². The number of anilines is 1. The van der Waals surface area contributed by atoms with Crippen LogP contribution in [0.15, 0.2) is 18.2 Å². The molecule has 0 aromatic heterocycles. The Hall–Kier alpha value is -1.26. The Balaban J connectivity index is 2.05. The van der Waals surface area contributed by atoms with Crippen molar-refractivity contribution in [2.45, 2.75) is 45.6 Å². The molecule has 0 heterocycles. The summed E-state index contributed by atoms with van der Waals surface area (Å²) in [6.45, 7) is 3.20. The Kier molecular flexibility index (Phi) is 5.35. The molecule has 0 atom stereocenters. The Labute approximate surface area is 140 Å². The summed E-state index contributed by atoms with van der Waals surface area (Å²) in [4.78, 5) is 24.8. The number of hydrogen-bond donors (Lipinski definition) is 2. The van der Waals surface area contributed by atoms with Gasteiger partial charge in [0, 0.05) is 11.1 Å². The number of halogens is 2. The lowest BCUT2D eigenvalue weighted by molar-refractivity contribution is -0.138. The fourth-order valence-electron chi connectivity index (χ4n) is 2.41. The van der Waals surface area contributed by atoms with Crippen molar-refractivity contribution in [1.82, 2.24) is 5.32 Å². The van der Waals surface area contributed by atoms with Gasteiger partial charge in [-0.25, -0.2) is 0 Å². The highest BCUT2D eigenvalue weighted by atomic mass is 35.5. The zero-order valence-electron chi connectivity index (χ0n) is 12.7. The van der Waals surface area contributed by atoms with E-state index < -0.39 is 11.3 Å². The molecule has 2 amide bonds. The monoisotopic (exact) mass is 342 g/mol. The van der Waals surface area contributed by atoms with E-state index in [1.807, 2.05) is 0 Å². The minimum absolute atomic E-state index is 0.175. The summed E-state index contributed by atoms with van der Waals surface area (Å²) >= 11 is 11.9. The molecule has 0 bridgehead atoms. The molecule has 1 aliphatic carbocycles. The highest BCUT2D eigenvalue weighted by molar-refractivity contribution is 6.35. The Bertz CT molecular complexity index is 582. The molecule has 0 radical (unpaired) electrons. The number of hydrogen-bond acceptors (Lipinski definition) is 2. The van der Waals surface area contributed by atoms with Crippen LogP contribution in [-0.4, -0.2) is 17.9 Å². The quantitative estimate of drug-likeness (QED) is 0.812. The second-order valence-electron chi connectivity index (χ2n) is 6.16. The summed E-state index contributed by atoms with van der Waals surface area (Å²) in [6, 6.07) is 4.98. The fraction of sp³-hybridized carbons (Fsp3) is 0.500. The predicted octanol–water partition coefficient (Wildman–Crippen LogP) is 4.02. The van der Waals surface area contributed by atoms with Gasteiger partial charge < -0.3 is 10.6 Å². The summed E-state index contributed by atoms with van der Waals surface area (Å²) in [5, 5.41) is 6.48. The van der Waals surface area contributed by atoms with Gasteiger partial charge in [-0.1, -0.05) is 36.0 Å². The Morgan fingerprint density at radius 3 is 2.41 bits per heavy atom. The van der Waals surface area contributed by atoms with E-state index in [4.69, 9.17) is 23.2 Å². The van der Waals surface area contributed by atoms with E-state index in [9.17, 15) is 9.59 Å². The van der Waals surface area contributed by atoms with Crippen molar-refractivity contribution in [2.24, 2.45) is 5.41 Å². The molecule has 120 valence electrons. The van der Waals surface area contributed by atoms with Crippen LogP contribution >= 0.6 is 23.2 Å². The second-order valence-corrected chi connectivity index (χ2v) is 7.00. The molecule has 1 aromatic carbocycles. The third-order valence-corrected chi connectivity index (χ3v) is 4.57. The van der Waals surface area contributed by atoms with Gasteiger partial charge in [-0.3, -0.25) is 9.59 Å². The number of carbonyl (C=O) groups excluding carboxylic acids is 2. The molecule has 2 rings (SSSR count). The lowest BCUT2D eigenvalue weighted by Gasteiger charge is -2.25. The highest BCUT2D eigenvalue weighted by Gasteiger charge is 2.37. The first-order chi connectivity index (χ1) is 10.3. The van der Waals surface area contributed by atoms with Crippen LogP contribution in [0.4, 0.5) is 5.69 Å². The zero-order valence-corrected chi connectivity index (χ0v) is 14.2. The minimum Gasteiger partial charge on any atom is -0.352 e. The molecule has 0 spiro atoms. The molecule has 4 nitrogen and oxygen atoms in total. The zero-order chi connectivity index (χ0) is 16.3. The number of rotatable bonds is 4. The summed E-state index contributed by atoms with van der Waals surface area (Å²) in [7, 11) is 0. The van der Waals surface area contributed by atoms with Gasteiger partial charge in [0.25, 0.3) is 0 Å². The van der Waals surface area contributed by atoms with Crippen molar-refractivity contribution < 1.29 is 9.59 Å². The molecule has 2 N–H and O–H groups in total. The van der Waals surface area contributed by atoms with Crippen LogP contribution in [0, 0.1) is 5.41 Å². The number of nitrogens with one attached hydrogen (secondary N) is 2. The van der Waals surface area contributed by atoms with Crippen molar-refractivity contribution >= 4 is 40.7 Å². The van der Waals surface area contributed by atoms with Crippen LogP contribution in [0.5, 0.6) is 0 Å². The van der Waals surface area contributed by atoms with Crippen LogP contribution < -0.4 is 10.6 Å². The molecule has 1 fully saturated rings. The standard InChI is InChI=1S/C16H20Cl2N2O2/c1-16(2,14(21)19-11-5-3-4-6-11)15(22)20-13-9-10(17)7-8-12(13)18/h7-9,11H,3-6H2,1-2H3,(H,19,21)(H,20,22). The van der Waals surface area contributed by atoms with Crippen LogP contribution in [-0.2, 0) is 9.59 Å². The predicted molar refractivity (Wildman–Crippen MR) is 89.3 cm³/mol. The number of amides is 2. The third-order valence-electron chi connectivity index (χ3n) is 4.00. The topological polar surface area (TPSA) is 58.2 Å². The summed E-state index contributed by atoms with van der Waals surface area (Å²) < 4.78 is 0. The van der Waals surface area contributed by atoms with Crippen molar-refractivity contribution in [3.8, 4) is 0 Å². The molecule has 1 aromatic rings. The maximum Gasteiger partial charge on any atom is 0.239 e. The van der Waals surface area contributed by atoms with E-state index in [1.54, 1.807) is 32.0 Å². The lowest BCUT2D eigenvalue weighted by atomic mass is 9.90. The van der Waals surface area contributed by atoms with Crippen molar-refractivity contribution in [2.75, 3.05) is 5.32 Å². The molecule has 1 aliphatic rings. The first-order valence-corrected chi connectivity index (χ1v) is 8.14. The van der Waals surface area contributed by atoms with Crippen molar-refractivity contribution in [3.63, 3.8) is 0 Å². The van der Waals surface area contributed by atoms with Crippen molar-refractivity contribution in [3.05, 3.63) is 28.2 Å². The maximum atomic E-state index is 12.4. The average molecular weight is 343 g/mol. The van der Waals surface area contributed by atoms with Gasteiger partial charge in [0.1, 0.15) is 5.41 Å². The number of benzene rings is 1. The van der Waals surface area contributed by atoms with Gasteiger partial charge in [-0.15, -0.1) is 0 Å². The van der Waals surface area contributed by atoms with Crippen LogP contribution in [0.25, 0.3) is 0 Å². The molecule has 0 unspecified atom stereocenters. The van der Waals surface area contributed by atoms with Gasteiger partial charge >= 0.3 is 0 Å². The normalized spacial score (nSPS) is 15.6. The third kappa shape index (κ3) is 3.93. The van der Waals surface area contributed by atoms with Gasteiger partial charge in [-0.05, 0) is 44.9 Å². The van der Waals surface area contributed by atoms with E-state index in [0.29, 0.717) is 15.7 Å². The van der Waals surface area contributed by atoms with Crippen molar-refractivity contribution in [1.29, 1.82) is 0 Å². The van der Waals surface area contributed by atoms with E-state index in [1.165, 1.54) is 0 Å². The molecule has 0 aliphatic heterocycles. The van der Waals surface area contributed by atoms with Gasteiger partial charge in [0.15, 0.2) is 0 Å². The first kappa shape index (κ1) is 17.1. The Morgan fingerprint density at radius 2 is 1.77 bits per heavy atom. The van der Waals surface area contributed by atoms with Crippen LogP contribution in [0.1, 0.15) is 39.5 Å². The maximum absolute atomic E-state index is 12.4. The highest BCUT2D eigenvalue weighted by Crippen LogP contribution is 2.28. The average Bonchev–Trinajstić information content (AvgIpc) is 2.95. The smallest absolute Gasteiger partial charge is 0.239 e. The number of carbonyl (C=O) groups is 2. The van der Waals surface area contributed by atoms with E-state index in [0.717, 1.165) is 25.7 Å². The SMILES string of the molecule is CC(C)(C(=O)Nc1cc(Cl)ccc1Cl)C(=O)NC1CCCC1. The Morgan fingerprint density at radius 1 is 1.14 bits per heavy atom. The van der Waals surface area contributed by atoms with E-state index >= 15 is 0 Å². The molecule has 1 saturated carbocycles. The second kappa shape index (κ2) is 6.88. The van der Waals surface area contributed by atoms with Gasteiger partial charge in [-0.2, -0.15) is 0 Å². The molecule has 6 heteroatoms. The molecular weight excluding hydrogens is 323 g/mol. The summed E-state index contributed by atoms with van der Waals surface area (Å²) in [5.41, 5.74) is -0.783. The van der Waals surface area contributed by atoms with Gasteiger partial charge in [0.2, 0.25) is 11.8 Å². The summed E-state index contributed by atoms with van der Waals surface area (Å²) in [5.74, 6) is -0.679. The van der Waals surface area contributed by atoms with E-state index in [-0.39, 0.29) is 11.9 Å². The van der Waals surface area contributed by atoms with Crippen LogP contribution in [0.3, 0.4) is 0 Å². The fourth-order valence-corrected chi connectivity index (χ4v) is 2.75. The lowest BCUT2D eigenvalue weighted by Crippen LogP contribution is -2.48. The molecule has 22 heavy (non-hydrogen) atoms. The molecule has 0 saturated heterocycles. The largest absolute Gasteiger partial charge is 0.352 e.